The predicted octanol–water partition coefficient (Wildman–Crippen LogP) is 3.33. The smallest absolute Gasteiger partial charge is 0.127 e. The molecule has 70 valence electrons. The van der Waals surface area contributed by atoms with Crippen LogP contribution in [0.1, 0.15) is 24.0 Å². The van der Waals surface area contributed by atoms with Crippen LogP contribution in [0.3, 0.4) is 0 Å². The van der Waals surface area contributed by atoms with E-state index in [2.05, 4.69) is 22.6 Å². The normalized spacial score (nSPS) is 12.5. The number of hydrogen-bond donors (Lipinski definition) is 0. The standard InChI is InChI=1S/C10H10ClIO/c1-7(6-13)10-4-9(12)3-2-8(10)5-11/h2-4,6-7H,5H2,1H3. The van der Waals surface area contributed by atoms with Crippen molar-refractivity contribution < 1.29 is 4.79 Å². The average Bonchev–Trinajstić information content (AvgIpc) is 2.16. The van der Waals surface area contributed by atoms with Crippen LogP contribution < -0.4 is 0 Å². The van der Waals surface area contributed by atoms with Crippen LogP contribution in [0, 0.1) is 3.57 Å². The number of alkyl halides is 1. The molecular weight excluding hydrogens is 298 g/mol. The predicted molar refractivity (Wildman–Crippen MR) is 63.2 cm³/mol. The Balaban J connectivity index is 3.14. The second kappa shape index (κ2) is 4.96. The van der Waals surface area contributed by atoms with Crippen molar-refractivity contribution in [3.8, 4) is 0 Å². The first-order valence-electron chi connectivity index (χ1n) is 3.98. The minimum absolute atomic E-state index is 0.0662. The van der Waals surface area contributed by atoms with Crippen LogP contribution in [0.2, 0.25) is 0 Å². The van der Waals surface area contributed by atoms with Crippen LogP contribution in [0.4, 0.5) is 0 Å². The van der Waals surface area contributed by atoms with Crippen LogP contribution in [0.5, 0.6) is 0 Å². The maximum atomic E-state index is 10.6. The summed E-state index contributed by atoms with van der Waals surface area (Å²) in [6.07, 6.45) is 0.946. The lowest BCUT2D eigenvalue weighted by atomic mass is 9.98. The van der Waals surface area contributed by atoms with Gasteiger partial charge in [-0.05, 0) is 45.9 Å². The van der Waals surface area contributed by atoms with E-state index in [1.54, 1.807) is 0 Å². The van der Waals surface area contributed by atoms with Gasteiger partial charge in [-0.15, -0.1) is 11.6 Å². The molecule has 1 aromatic rings. The highest BCUT2D eigenvalue weighted by Gasteiger charge is 2.09. The lowest BCUT2D eigenvalue weighted by Gasteiger charge is -2.09. The van der Waals surface area contributed by atoms with Crippen LogP contribution >= 0.6 is 34.2 Å². The molecule has 0 bridgehead atoms. The number of halogens is 2. The lowest BCUT2D eigenvalue weighted by Crippen LogP contribution is -1.99. The zero-order valence-electron chi connectivity index (χ0n) is 7.26. The van der Waals surface area contributed by atoms with Crippen molar-refractivity contribution in [3.05, 3.63) is 32.9 Å². The maximum Gasteiger partial charge on any atom is 0.127 e. The first-order valence-corrected chi connectivity index (χ1v) is 5.60. The molecular formula is C10H10ClIO. The van der Waals surface area contributed by atoms with Crippen LogP contribution in [0.25, 0.3) is 0 Å². The monoisotopic (exact) mass is 308 g/mol. The van der Waals surface area contributed by atoms with Gasteiger partial charge < -0.3 is 4.79 Å². The SMILES string of the molecule is CC(C=O)c1cc(I)ccc1CCl. The molecule has 13 heavy (non-hydrogen) atoms. The molecule has 1 rings (SSSR count). The van der Waals surface area contributed by atoms with E-state index in [1.165, 1.54) is 0 Å². The van der Waals surface area contributed by atoms with Gasteiger partial charge in [0.15, 0.2) is 0 Å². The van der Waals surface area contributed by atoms with Gasteiger partial charge in [0.25, 0.3) is 0 Å². The first-order chi connectivity index (χ1) is 6.19. The van der Waals surface area contributed by atoms with E-state index in [0.717, 1.165) is 21.0 Å². The Morgan fingerprint density at radius 3 is 2.85 bits per heavy atom. The molecule has 3 heteroatoms. The molecule has 1 aromatic carbocycles. The Morgan fingerprint density at radius 1 is 1.62 bits per heavy atom. The van der Waals surface area contributed by atoms with E-state index in [0.29, 0.717) is 5.88 Å². The molecule has 0 saturated heterocycles. The molecule has 0 aliphatic carbocycles. The molecule has 0 heterocycles. The van der Waals surface area contributed by atoms with Crippen molar-refractivity contribution in [1.29, 1.82) is 0 Å². The summed E-state index contributed by atoms with van der Waals surface area (Å²) < 4.78 is 1.13. The number of rotatable bonds is 3. The summed E-state index contributed by atoms with van der Waals surface area (Å²) in [7, 11) is 0. The van der Waals surface area contributed by atoms with Gasteiger partial charge in [-0.1, -0.05) is 13.0 Å². The van der Waals surface area contributed by atoms with Gasteiger partial charge in [0.1, 0.15) is 6.29 Å². The molecule has 0 N–H and O–H groups in total. The third-order valence-corrected chi connectivity index (χ3v) is 2.91. The number of benzene rings is 1. The molecule has 0 amide bonds. The van der Waals surface area contributed by atoms with Crippen molar-refractivity contribution in [3.63, 3.8) is 0 Å². The highest BCUT2D eigenvalue weighted by Crippen LogP contribution is 2.22. The fourth-order valence-electron chi connectivity index (χ4n) is 1.18. The third-order valence-electron chi connectivity index (χ3n) is 1.95. The highest BCUT2D eigenvalue weighted by atomic mass is 127. The van der Waals surface area contributed by atoms with E-state index >= 15 is 0 Å². The maximum absolute atomic E-state index is 10.6. The summed E-state index contributed by atoms with van der Waals surface area (Å²) in [6.45, 7) is 1.88. The lowest BCUT2D eigenvalue weighted by molar-refractivity contribution is -0.108. The summed E-state index contributed by atoms with van der Waals surface area (Å²) in [5.41, 5.74) is 2.08. The quantitative estimate of drug-likeness (QED) is 0.475. The summed E-state index contributed by atoms with van der Waals surface area (Å²) >= 11 is 8.00. The molecule has 0 aliphatic heterocycles. The Hall–Kier alpha value is -0.0900. The second-order valence-electron chi connectivity index (χ2n) is 2.90. The van der Waals surface area contributed by atoms with E-state index < -0.39 is 0 Å². The van der Waals surface area contributed by atoms with Gasteiger partial charge in [0, 0.05) is 15.4 Å². The van der Waals surface area contributed by atoms with Crippen molar-refractivity contribution in [2.75, 3.05) is 0 Å². The molecule has 1 unspecified atom stereocenters. The molecule has 0 saturated carbocycles. The largest absolute Gasteiger partial charge is 0.303 e. The van der Waals surface area contributed by atoms with Gasteiger partial charge in [-0.2, -0.15) is 0 Å². The minimum Gasteiger partial charge on any atom is -0.303 e. The molecule has 0 aromatic heterocycles. The zero-order chi connectivity index (χ0) is 9.84. The van der Waals surface area contributed by atoms with E-state index in [4.69, 9.17) is 11.6 Å². The number of carbonyl (C=O) groups excluding carboxylic acids is 1. The minimum atomic E-state index is -0.0662. The zero-order valence-corrected chi connectivity index (χ0v) is 10.2. The van der Waals surface area contributed by atoms with Gasteiger partial charge in [-0.25, -0.2) is 0 Å². The van der Waals surface area contributed by atoms with Gasteiger partial charge in [0.2, 0.25) is 0 Å². The van der Waals surface area contributed by atoms with E-state index in [1.807, 2.05) is 25.1 Å². The molecule has 1 atom stereocenters. The second-order valence-corrected chi connectivity index (χ2v) is 4.41. The Labute approximate surface area is 96.6 Å². The van der Waals surface area contributed by atoms with Crippen LogP contribution in [-0.2, 0) is 10.7 Å². The van der Waals surface area contributed by atoms with Crippen molar-refractivity contribution >= 4 is 40.5 Å². The van der Waals surface area contributed by atoms with Gasteiger partial charge in [-0.3, -0.25) is 0 Å². The summed E-state index contributed by atoms with van der Waals surface area (Å²) in [5, 5.41) is 0. The van der Waals surface area contributed by atoms with Crippen molar-refractivity contribution in [2.45, 2.75) is 18.7 Å². The summed E-state index contributed by atoms with van der Waals surface area (Å²) in [5.74, 6) is 0.396. The number of carbonyl (C=O) groups is 1. The summed E-state index contributed by atoms with van der Waals surface area (Å²) in [4.78, 5) is 10.6. The third kappa shape index (κ3) is 2.68. The molecule has 0 aliphatic rings. The molecule has 0 fully saturated rings. The number of hydrogen-bond acceptors (Lipinski definition) is 1. The number of aldehydes is 1. The van der Waals surface area contributed by atoms with Crippen LogP contribution in [0.15, 0.2) is 18.2 Å². The van der Waals surface area contributed by atoms with Gasteiger partial charge >= 0.3 is 0 Å². The van der Waals surface area contributed by atoms with Crippen molar-refractivity contribution in [1.82, 2.24) is 0 Å². The van der Waals surface area contributed by atoms with Gasteiger partial charge in [0.05, 0.1) is 0 Å². The molecule has 0 spiro atoms. The Kier molecular flexibility index (Phi) is 4.19. The Morgan fingerprint density at radius 2 is 2.31 bits per heavy atom. The van der Waals surface area contributed by atoms with Crippen LogP contribution in [-0.4, -0.2) is 6.29 Å². The Bertz CT molecular complexity index is 312. The molecule has 0 radical (unpaired) electrons. The molecule has 1 nitrogen and oxygen atoms in total. The first kappa shape index (κ1) is 11.0. The fraction of sp³-hybridized carbons (Fsp3) is 0.300. The fourth-order valence-corrected chi connectivity index (χ4v) is 1.94. The highest BCUT2D eigenvalue weighted by molar-refractivity contribution is 14.1. The topological polar surface area (TPSA) is 17.1 Å². The van der Waals surface area contributed by atoms with E-state index in [9.17, 15) is 4.79 Å². The van der Waals surface area contributed by atoms with Crippen molar-refractivity contribution in [2.24, 2.45) is 0 Å². The van der Waals surface area contributed by atoms with E-state index in [-0.39, 0.29) is 5.92 Å². The average molecular weight is 309 g/mol. The summed E-state index contributed by atoms with van der Waals surface area (Å²) in [6, 6.07) is 5.99.